The number of pyridine rings is 1. The predicted molar refractivity (Wildman–Crippen MR) is 240 cm³/mol. The lowest BCUT2D eigenvalue weighted by Gasteiger charge is -2.33. The third-order valence-electron chi connectivity index (χ3n) is 11.8. The molecule has 1 aliphatic heterocycles. The number of hydrogen-bond acceptors (Lipinski definition) is 4. The van der Waals surface area contributed by atoms with E-state index in [2.05, 4.69) is 183 Å². The van der Waals surface area contributed by atoms with Crippen LogP contribution in [0.4, 0.5) is 11.4 Å². The SMILES string of the molecule is CC(C)c1cc(C(C)C)c(-c2cc(Oc3ccc4c5ccccc5n(-c5ccccn5)c4c3)cc(N3Cn4c(nc5ccccc54)-c4ccccc43)c2)c(C(C)C)c1. The summed E-state index contributed by atoms with van der Waals surface area (Å²) in [6.07, 6.45) is 1.85. The lowest BCUT2D eigenvalue weighted by Crippen LogP contribution is -2.26. The van der Waals surface area contributed by atoms with Gasteiger partial charge in [0.05, 0.1) is 27.8 Å². The summed E-state index contributed by atoms with van der Waals surface area (Å²) in [5, 5.41) is 2.34. The summed E-state index contributed by atoms with van der Waals surface area (Å²) in [6.45, 7) is 14.5. The summed E-state index contributed by atoms with van der Waals surface area (Å²) in [5.41, 5.74) is 14.1. The van der Waals surface area contributed by atoms with E-state index in [4.69, 9.17) is 14.7 Å². The molecule has 0 radical (unpaired) electrons. The molecule has 6 nitrogen and oxygen atoms in total. The number of para-hydroxylation sites is 4. The molecule has 10 rings (SSSR count). The van der Waals surface area contributed by atoms with Crippen LogP contribution in [0.1, 0.15) is 76.0 Å². The van der Waals surface area contributed by atoms with Gasteiger partial charge >= 0.3 is 0 Å². The van der Waals surface area contributed by atoms with Crippen LogP contribution in [0.25, 0.3) is 61.2 Å². The summed E-state index contributed by atoms with van der Waals surface area (Å²) in [7, 11) is 0. The molecule has 6 aromatic carbocycles. The summed E-state index contributed by atoms with van der Waals surface area (Å²) >= 11 is 0. The molecule has 0 amide bonds. The van der Waals surface area contributed by atoms with Crippen molar-refractivity contribution in [2.24, 2.45) is 0 Å². The van der Waals surface area contributed by atoms with Crippen LogP contribution in [0, 0.1) is 0 Å². The topological polar surface area (TPSA) is 48.1 Å². The van der Waals surface area contributed by atoms with E-state index in [9.17, 15) is 0 Å². The van der Waals surface area contributed by atoms with Crippen LogP contribution in [0.15, 0.2) is 146 Å². The molecule has 0 aliphatic carbocycles. The summed E-state index contributed by atoms with van der Waals surface area (Å²) in [4.78, 5) is 12.3. The van der Waals surface area contributed by atoms with Crippen molar-refractivity contribution in [1.29, 1.82) is 0 Å². The van der Waals surface area contributed by atoms with E-state index in [1.807, 2.05) is 18.3 Å². The van der Waals surface area contributed by atoms with Crippen LogP contribution in [0.5, 0.6) is 11.5 Å². The highest BCUT2D eigenvalue weighted by molar-refractivity contribution is 6.09. The van der Waals surface area contributed by atoms with E-state index in [1.54, 1.807) is 0 Å². The fourth-order valence-corrected chi connectivity index (χ4v) is 8.88. The van der Waals surface area contributed by atoms with E-state index in [1.165, 1.54) is 27.6 Å². The van der Waals surface area contributed by atoms with Crippen LogP contribution in [0.2, 0.25) is 0 Å². The Morgan fingerprint density at radius 2 is 1.29 bits per heavy atom. The van der Waals surface area contributed by atoms with Crippen molar-refractivity contribution in [2.75, 3.05) is 4.90 Å². The molecule has 9 aromatic rings. The van der Waals surface area contributed by atoms with Crippen LogP contribution in [-0.2, 0) is 6.67 Å². The Labute approximate surface area is 340 Å². The molecule has 0 spiro atoms. The Bertz CT molecular complexity index is 2980. The van der Waals surface area contributed by atoms with E-state index in [0.29, 0.717) is 24.4 Å². The zero-order chi connectivity index (χ0) is 39.7. The zero-order valence-electron chi connectivity index (χ0n) is 33.9. The van der Waals surface area contributed by atoms with Gasteiger partial charge in [-0.2, -0.15) is 0 Å². The molecule has 286 valence electrons. The van der Waals surface area contributed by atoms with Gasteiger partial charge in [-0.1, -0.05) is 102 Å². The monoisotopic (exact) mass is 757 g/mol. The number of rotatable bonds is 8. The first-order valence-corrected chi connectivity index (χ1v) is 20.5. The number of ether oxygens (including phenoxy) is 1. The minimum Gasteiger partial charge on any atom is -0.457 e. The van der Waals surface area contributed by atoms with E-state index < -0.39 is 0 Å². The third kappa shape index (κ3) is 5.94. The minimum atomic E-state index is 0.325. The van der Waals surface area contributed by atoms with Gasteiger partial charge in [0, 0.05) is 40.4 Å². The number of imidazole rings is 1. The maximum atomic E-state index is 7.06. The average molecular weight is 758 g/mol. The highest BCUT2D eigenvalue weighted by Gasteiger charge is 2.28. The van der Waals surface area contributed by atoms with Gasteiger partial charge in [-0.3, -0.25) is 4.57 Å². The Balaban J connectivity index is 1.19. The normalized spacial score (nSPS) is 12.7. The largest absolute Gasteiger partial charge is 0.457 e. The lowest BCUT2D eigenvalue weighted by molar-refractivity contribution is 0.483. The van der Waals surface area contributed by atoms with Crippen LogP contribution in [0.3, 0.4) is 0 Å². The first kappa shape index (κ1) is 35.7. The van der Waals surface area contributed by atoms with E-state index >= 15 is 0 Å². The third-order valence-corrected chi connectivity index (χ3v) is 11.8. The maximum absolute atomic E-state index is 7.06. The van der Waals surface area contributed by atoms with Crippen LogP contribution in [-0.4, -0.2) is 19.1 Å². The summed E-state index contributed by atoms with van der Waals surface area (Å²) in [5.74, 6) is 4.49. The average Bonchev–Trinajstić information content (AvgIpc) is 3.78. The molecule has 3 aromatic heterocycles. The molecule has 1 aliphatic rings. The van der Waals surface area contributed by atoms with Gasteiger partial charge in [0.2, 0.25) is 0 Å². The number of hydrogen-bond donors (Lipinski definition) is 0. The number of fused-ring (bicyclic) bond motifs is 8. The lowest BCUT2D eigenvalue weighted by atomic mass is 9.81. The molecular formula is C52H47N5O. The van der Waals surface area contributed by atoms with Crippen molar-refractivity contribution in [2.45, 2.75) is 66.0 Å². The first-order valence-electron chi connectivity index (χ1n) is 20.5. The molecule has 0 saturated carbocycles. The van der Waals surface area contributed by atoms with Gasteiger partial charge in [-0.15, -0.1) is 0 Å². The number of nitrogens with zero attached hydrogens (tertiary/aromatic N) is 5. The Kier molecular flexibility index (Phi) is 8.67. The Hall–Kier alpha value is -6.66. The molecule has 0 atom stereocenters. The first-order chi connectivity index (χ1) is 28.2. The van der Waals surface area contributed by atoms with Crippen molar-refractivity contribution >= 4 is 44.2 Å². The molecule has 4 heterocycles. The molecular weight excluding hydrogens is 711 g/mol. The Morgan fingerprint density at radius 3 is 2.05 bits per heavy atom. The molecule has 0 saturated heterocycles. The summed E-state index contributed by atoms with van der Waals surface area (Å²) in [6, 6.07) is 49.8. The maximum Gasteiger partial charge on any atom is 0.144 e. The van der Waals surface area contributed by atoms with Crippen LogP contribution < -0.4 is 9.64 Å². The number of anilines is 2. The molecule has 0 fully saturated rings. The quantitative estimate of drug-likeness (QED) is 0.155. The number of benzene rings is 6. The van der Waals surface area contributed by atoms with Crippen molar-refractivity contribution in [3.05, 3.63) is 162 Å². The highest BCUT2D eigenvalue weighted by Crippen LogP contribution is 2.46. The van der Waals surface area contributed by atoms with Gasteiger partial charge in [-0.05, 0) is 112 Å². The van der Waals surface area contributed by atoms with Crippen LogP contribution >= 0.6 is 0 Å². The summed E-state index contributed by atoms with van der Waals surface area (Å²) < 4.78 is 11.6. The second-order valence-electron chi connectivity index (χ2n) is 16.5. The Morgan fingerprint density at radius 1 is 0.586 bits per heavy atom. The zero-order valence-corrected chi connectivity index (χ0v) is 33.9. The second-order valence-corrected chi connectivity index (χ2v) is 16.5. The minimum absolute atomic E-state index is 0.325. The number of aromatic nitrogens is 4. The van der Waals surface area contributed by atoms with Crippen molar-refractivity contribution in [1.82, 2.24) is 19.1 Å². The smallest absolute Gasteiger partial charge is 0.144 e. The fourth-order valence-electron chi connectivity index (χ4n) is 8.88. The van der Waals surface area contributed by atoms with E-state index in [-0.39, 0.29) is 0 Å². The van der Waals surface area contributed by atoms with Gasteiger partial charge in [0.15, 0.2) is 0 Å². The van der Waals surface area contributed by atoms with Crippen molar-refractivity contribution in [3.8, 4) is 39.8 Å². The second kappa shape index (κ2) is 14.1. The highest BCUT2D eigenvalue weighted by atomic mass is 16.5. The molecule has 0 bridgehead atoms. The fraction of sp³-hybridized carbons (Fsp3) is 0.192. The molecule has 0 unspecified atom stereocenters. The molecule has 58 heavy (non-hydrogen) atoms. The van der Waals surface area contributed by atoms with Gasteiger partial charge in [-0.25, -0.2) is 9.97 Å². The van der Waals surface area contributed by atoms with Gasteiger partial charge in [0.1, 0.15) is 29.8 Å². The standard InChI is InChI=1S/C52H47N5O/c1-32(2)35-27-43(33(3)4)51(44(28-35)34(5)6)36-25-37(55-31-56-48-20-12-9-17-45(48)54-52(56)42-16-8-10-18-46(42)55)29-39(26-36)58-38-22-23-41-40-15-7-11-19-47(40)57(49(41)30-38)50-21-13-14-24-53-50/h7-30,32-34H,31H2,1-6H3. The van der Waals surface area contributed by atoms with E-state index in [0.717, 1.165) is 73.1 Å². The van der Waals surface area contributed by atoms with Crippen molar-refractivity contribution < 1.29 is 4.74 Å². The van der Waals surface area contributed by atoms with Crippen molar-refractivity contribution in [3.63, 3.8) is 0 Å². The van der Waals surface area contributed by atoms with Gasteiger partial charge in [0.25, 0.3) is 0 Å². The van der Waals surface area contributed by atoms with Gasteiger partial charge < -0.3 is 14.2 Å². The molecule has 6 heteroatoms. The predicted octanol–water partition coefficient (Wildman–Crippen LogP) is 14.1. The molecule has 0 N–H and O–H groups in total.